The zero-order valence-corrected chi connectivity index (χ0v) is 8.49. The van der Waals surface area contributed by atoms with Gasteiger partial charge in [-0.15, -0.1) is 0 Å². The first-order valence-electron chi connectivity index (χ1n) is 4.87. The van der Waals surface area contributed by atoms with Crippen LogP contribution in [0.2, 0.25) is 0 Å². The molecule has 0 unspecified atom stereocenters. The van der Waals surface area contributed by atoms with E-state index in [4.69, 9.17) is 0 Å². The molecule has 0 atom stereocenters. The number of unbranched alkanes of at least 4 members (excludes halogenated alkanes) is 1. The quantitative estimate of drug-likeness (QED) is 0.756. The number of hydrogen-bond acceptors (Lipinski definition) is 1. The minimum absolute atomic E-state index is 0.608. The van der Waals surface area contributed by atoms with Crippen LogP contribution in [0.4, 0.5) is 18.9 Å². The number of anilines is 1. The lowest BCUT2D eigenvalue weighted by Crippen LogP contribution is -2.06. The molecule has 15 heavy (non-hydrogen) atoms. The van der Waals surface area contributed by atoms with Crippen molar-refractivity contribution in [3.05, 3.63) is 29.8 Å². The topological polar surface area (TPSA) is 12.0 Å². The lowest BCUT2D eigenvalue weighted by atomic mass is 10.2. The molecule has 0 aromatic heterocycles. The van der Waals surface area contributed by atoms with Gasteiger partial charge in [-0.3, -0.25) is 0 Å². The van der Waals surface area contributed by atoms with Crippen LogP contribution in [0.15, 0.2) is 18.2 Å². The molecule has 0 saturated heterocycles. The van der Waals surface area contributed by atoms with Gasteiger partial charge < -0.3 is 5.32 Å². The summed E-state index contributed by atoms with van der Waals surface area (Å²) in [4.78, 5) is 0. The fraction of sp³-hybridized carbons (Fsp3) is 0.455. The molecule has 1 N–H and O–H groups in total. The molecule has 0 heterocycles. The zero-order chi connectivity index (χ0) is 11.3. The third-order valence-electron chi connectivity index (χ3n) is 1.99. The average Bonchev–Trinajstić information content (AvgIpc) is 2.18. The Morgan fingerprint density at radius 2 is 2.07 bits per heavy atom. The maximum absolute atomic E-state index is 12.2. The maximum Gasteiger partial charge on any atom is 0.416 e. The van der Waals surface area contributed by atoms with E-state index < -0.39 is 11.7 Å². The summed E-state index contributed by atoms with van der Waals surface area (Å²) >= 11 is 0. The predicted molar refractivity (Wildman–Crippen MR) is 53.7 cm³/mol. The van der Waals surface area contributed by atoms with Gasteiger partial charge in [0.15, 0.2) is 0 Å². The minimum atomic E-state index is -4.28. The maximum atomic E-state index is 12.2. The second-order valence-corrected chi connectivity index (χ2v) is 3.27. The first-order valence-corrected chi connectivity index (χ1v) is 4.87. The number of rotatable bonds is 4. The second kappa shape index (κ2) is 5.05. The molecule has 1 radical (unpaired) electrons. The molecule has 0 aliphatic carbocycles. The van der Waals surface area contributed by atoms with Gasteiger partial charge in [-0.25, -0.2) is 0 Å². The molecule has 0 aliphatic heterocycles. The van der Waals surface area contributed by atoms with Crippen molar-refractivity contribution in [3.63, 3.8) is 0 Å². The third kappa shape index (κ3) is 3.81. The van der Waals surface area contributed by atoms with E-state index in [-0.39, 0.29) is 0 Å². The molecule has 1 rings (SSSR count). The van der Waals surface area contributed by atoms with Crippen molar-refractivity contribution in [3.8, 4) is 0 Å². The van der Waals surface area contributed by atoms with Gasteiger partial charge in [0.2, 0.25) is 0 Å². The van der Waals surface area contributed by atoms with Gasteiger partial charge in [-0.05, 0) is 24.6 Å². The van der Waals surface area contributed by atoms with Crippen molar-refractivity contribution in [1.29, 1.82) is 0 Å². The Hall–Kier alpha value is -1.19. The van der Waals surface area contributed by atoms with E-state index in [1.807, 2.05) is 0 Å². The number of halogens is 3. The number of alkyl halides is 3. The monoisotopic (exact) mass is 216 g/mol. The van der Waals surface area contributed by atoms with Gasteiger partial charge in [-0.2, -0.15) is 13.2 Å². The van der Waals surface area contributed by atoms with Gasteiger partial charge in [0, 0.05) is 18.3 Å². The Morgan fingerprint density at radius 1 is 1.33 bits per heavy atom. The Bertz CT molecular complexity index is 290. The van der Waals surface area contributed by atoms with Gasteiger partial charge in [0.05, 0.1) is 5.56 Å². The third-order valence-corrected chi connectivity index (χ3v) is 1.99. The fourth-order valence-electron chi connectivity index (χ4n) is 1.11. The van der Waals surface area contributed by atoms with Gasteiger partial charge in [0.25, 0.3) is 0 Å². The zero-order valence-electron chi connectivity index (χ0n) is 8.49. The highest BCUT2D eigenvalue weighted by molar-refractivity contribution is 5.43. The van der Waals surface area contributed by atoms with Crippen molar-refractivity contribution in [2.24, 2.45) is 0 Å². The molecule has 0 bridgehead atoms. The molecule has 1 aromatic carbocycles. The Balaban J connectivity index is 2.57. The number of nitrogens with one attached hydrogen (secondary N) is 1. The van der Waals surface area contributed by atoms with Crippen molar-refractivity contribution in [1.82, 2.24) is 0 Å². The van der Waals surface area contributed by atoms with Crippen LogP contribution in [0.25, 0.3) is 0 Å². The Labute approximate surface area is 87.3 Å². The predicted octanol–water partition coefficient (Wildman–Crippen LogP) is 3.72. The largest absolute Gasteiger partial charge is 0.416 e. The summed E-state index contributed by atoms with van der Waals surface area (Å²) in [5.41, 5.74) is -0.0556. The lowest BCUT2D eigenvalue weighted by molar-refractivity contribution is -0.137. The summed E-state index contributed by atoms with van der Waals surface area (Å²) in [6.45, 7) is 2.82. The molecular weight excluding hydrogens is 203 g/mol. The SMILES string of the molecule is CCCCNc1[c]cc(C(F)(F)F)cc1. The van der Waals surface area contributed by atoms with E-state index in [9.17, 15) is 13.2 Å². The molecule has 1 nitrogen and oxygen atoms in total. The molecule has 1 aromatic rings. The number of hydrogen-bond donors (Lipinski definition) is 1. The van der Waals surface area contributed by atoms with Crippen LogP contribution >= 0.6 is 0 Å². The molecule has 0 spiro atoms. The molecule has 0 aliphatic rings. The van der Waals surface area contributed by atoms with Crippen molar-refractivity contribution in [2.75, 3.05) is 11.9 Å². The molecule has 0 fully saturated rings. The van der Waals surface area contributed by atoms with Crippen LogP contribution in [-0.4, -0.2) is 6.54 Å². The van der Waals surface area contributed by atoms with Crippen molar-refractivity contribution < 1.29 is 13.2 Å². The molecule has 4 heteroatoms. The first-order chi connectivity index (χ1) is 7.04. The van der Waals surface area contributed by atoms with Crippen LogP contribution in [0, 0.1) is 6.07 Å². The summed E-state index contributed by atoms with van der Waals surface area (Å²) in [7, 11) is 0. The van der Waals surface area contributed by atoms with Crippen LogP contribution in [-0.2, 0) is 6.18 Å². The van der Waals surface area contributed by atoms with Crippen LogP contribution in [0.1, 0.15) is 25.3 Å². The van der Waals surface area contributed by atoms with E-state index >= 15 is 0 Å². The minimum Gasteiger partial charge on any atom is -0.385 e. The van der Waals surface area contributed by atoms with E-state index in [0.717, 1.165) is 31.5 Å². The van der Waals surface area contributed by atoms with Gasteiger partial charge in [-0.1, -0.05) is 13.3 Å². The first kappa shape index (κ1) is 11.9. The molecular formula is C11H13F3N. The highest BCUT2D eigenvalue weighted by Gasteiger charge is 2.29. The summed E-state index contributed by atoms with van der Waals surface area (Å²) in [5, 5.41) is 3.00. The van der Waals surface area contributed by atoms with Crippen molar-refractivity contribution in [2.45, 2.75) is 25.9 Å². The fourth-order valence-corrected chi connectivity index (χ4v) is 1.11. The highest BCUT2D eigenvalue weighted by Crippen LogP contribution is 2.29. The number of benzene rings is 1. The summed E-state index contributed by atoms with van der Waals surface area (Å²) in [6, 6.07) is 6.00. The summed E-state index contributed by atoms with van der Waals surface area (Å²) in [5.74, 6) is 0. The molecule has 83 valence electrons. The average molecular weight is 216 g/mol. The van der Waals surface area contributed by atoms with E-state index in [1.54, 1.807) is 0 Å². The van der Waals surface area contributed by atoms with Crippen LogP contribution < -0.4 is 5.32 Å². The standard InChI is InChI=1S/C11H13F3N/c1-2-3-8-15-10-6-4-9(5-7-10)11(12,13)14/h4-6,15H,2-3,8H2,1H3. The van der Waals surface area contributed by atoms with E-state index in [0.29, 0.717) is 5.69 Å². The molecule has 0 saturated carbocycles. The Morgan fingerprint density at radius 3 is 2.53 bits per heavy atom. The summed E-state index contributed by atoms with van der Waals surface area (Å²) < 4.78 is 36.6. The smallest absolute Gasteiger partial charge is 0.385 e. The van der Waals surface area contributed by atoms with Crippen molar-refractivity contribution >= 4 is 5.69 Å². The van der Waals surface area contributed by atoms with Crippen LogP contribution in [0.3, 0.4) is 0 Å². The highest BCUT2D eigenvalue weighted by atomic mass is 19.4. The van der Waals surface area contributed by atoms with Gasteiger partial charge >= 0.3 is 6.18 Å². The van der Waals surface area contributed by atoms with Crippen LogP contribution in [0.5, 0.6) is 0 Å². The van der Waals surface area contributed by atoms with E-state index in [2.05, 4.69) is 18.3 Å². The Kier molecular flexibility index (Phi) is 4.00. The molecule has 0 amide bonds. The van der Waals surface area contributed by atoms with E-state index in [1.165, 1.54) is 6.07 Å². The van der Waals surface area contributed by atoms with Gasteiger partial charge in [0.1, 0.15) is 0 Å². The summed E-state index contributed by atoms with van der Waals surface area (Å²) in [6.07, 6.45) is -2.24. The lowest BCUT2D eigenvalue weighted by Gasteiger charge is -2.08. The normalized spacial score (nSPS) is 11.5. The second-order valence-electron chi connectivity index (χ2n) is 3.27.